The second-order valence-corrected chi connectivity index (χ2v) is 7.82. The third-order valence-electron chi connectivity index (χ3n) is 5.36. The van der Waals surface area contributed by atoms with E-state index in [4.69, 9.17) is 10.9 Å². The van der Waals surface area contributed by atoms with E-state index in [9.17, 15) is 9.59 Å². The number of rotatable bonds is 7. The van der Waals surface area contributed by atoms with Crippen LogP contribution < -0.4 is 21.8 Å². The van der Waals surface area contributed by atoms with Gasteiger partial charge in [-0.15, -0.1) is 0 Å². The number of hydroxylamine groups is 1. The molecule has 2 aromatic rings. The molecule has 0 aromatic heterocycles. The third-order valence-corrected chi connectivity index (χ3v) is 5.36. The van der Waals surface area contributed by atoms with E-state index in [0.29, 0.717) is 11.6 Å². The number of hydrogen-bond acceptors (Lipinski definition) is 5. The van der Waals surface area contributed by atoms with Crippen molar-refractivity contribution in [3.8, 4) is 11.8 Å². The van der Waals surface area contributed by atoms with Crippen LogP contribution in [0.1, 0.15) is 53.2 Å². The van der Waals surface area contributed by atoms with E-state index < -0.39 is 23.9 Å². The molecular formula is C24H28N4O3. The molecule has 7 nitrogen and oxygen atoms in total. The highest BCUT2D eigenvalue weighted by Gasteiger charge is 2.24. The minimum absolute atomic E-state index is 0.366. The molecule has 162 valence electrons. The lowest BCUT2D eigenvalue weighted by Crippen LogP contribution is -2.54. The maximum absolute atomic E-state index is 12.4. The molecular weight excluding hydrogens is 392 g/mol. The molecule has 2 amide bonds. The second kappa shape index (κ2) is 10.7. The molecule has 2 aromatic carbocycles. The number of hydrogen-bond donors (Lipinski definition) is 5. The van der Waals surface area contributed by atoms with Crippen LogP contribution in [0.3, 0.4) is 0 Å². The first-order valence-electron chi connectivity index (χ1n) is 10.4. The lowest BCUT2D eigenvalue weighted by atomic mass is 9.93. The molecule has 0 heterocycles. The van der Waals surface area contributed by atoms with Gasteiger partial charge < -0.3 is 16.4 Å². The molecule has 1 aliphatic carbocycles. The van der Waals surface area contributed by atoms with Gasteiger partial charge in [-0.1, -0.05) is 30.4 Å². The van der Waals surface area contributed by atoms with Crippen molar-refractivity contribution in [2.75, 3.05) is 0 Å². The maximum Gasteiger partial charge on any atom is 0.267 e. The van der Waals surface area contributed by atoms with Gasteiger partial charge in [-0.05, 0) is 61.7 Å². The Morgan fingerprint density at radius 1 is 1.06 bits per heavy atom. The number of amides is 2. The lowest BCUT2D eigenvalue weighted by Gasteiger charge is -2.26. The van der Waals surface area contributed by atoms with Gasteiger partial charge >= 0.3 is 0 Å². The minimum atomic E-state index is -1.04. The Labute approximate surface area is 182 Å². The highest BCUT2D eigenvalue weighted by molar-refractivity contribution is 5.97. The molecule has 0 radical (unpaired) electrons. The quantitative estimate of drug-likeness (QED) is 0.265. The van der Waals surface area contributed by atoms with E-state index in [1.165, 1.54) is 30.3 Å². The molecule has 2 unspecified atom stereocenters. The molecule has 0 spiro atoms. The van der Waals surface area contributed by atoms with Crippen molar-refractivity contribution in [3.63, 3.8) is 0 Å². The first-order chi connectivity index (χ1) is 15.0. The van der Waals surface area contributed by atoms with Crippen molar-refractivity contribution in [1.29, 1.82) is 0 Å². The molecule has 0 aliphatic heterocycles. The fourth-order valence-electron chi connectivity index (χ4n) is 3.16. The smallest absolute Gasteiger partial charge is 0.267 e. The molecule has 31 heavy (non-hydrogen) atoms. The zero-order valence-corrected chi connectivity index (χ0v) is 17.5. The van der Waals surface area contributed by atoms with E-state index in [1.54, 1.807) is 31.2 Å². The summed E-state index contributed by atoms with van der Waals surface area (Å²) in [7, 11) is 0. The van der Waals surface area contributed by atoms with Crippen LogP contribution in [0, 0.1) is 11.8 Å². The number of carbonyl (C=O) groups is 2. The van der Waals surface area contributed by atoms with Gasteiger partial charge in [0.25, 0.3) is 11.8 Å². The van der Waals surface area contributed by atoms with Crippen molar-refractivity contribution >= 4 is 11.8 Å². The van der Waals surface area contributed by atoms with E-state index >= 15 is 0 Å². The van der Waals surface area contributed by atoms with Gasteiger partial charge in [0.2, 0.25) is 0 Å². The summed E-state index contributed by atoms with van der Waals surface area (Å²) < 4.78 is 0. The lowest BCUT2D eigenvalue weighted by molar-refractivity contribution is -0.131. The average Bonchev–Trinajstić information content (AvgIpc) is 2.75. The third kappa shape index (κ3) is 6.40. The summed E-state index contributed by atoms with van der Waals surface area (Å²) in [5.74, 6) is 4.98. The Bertz CT molecular complexity index is 955. The van der Waals surface area contributed by atoms with Crippen LogP contribution in [-0.2, 0) is 11.3 Å². The Balaban J connectivity index is 1.57. The van der Waals surface area contributed by atoms with Crippen LogP contribution >= 0.6 is 0 Å². The Morgan fingerprint density at radius 3 is 2.13 bits per heavy atom. The van der Waals surface area contributed by atoms with Gasteiger partial charge in [-0.3, -0.25) is 14.8 Å². The minimum Gasteiger partial charge on any atom is -0.339 e. The van der Waals surface area contributed by atoms with Gasteiger partial charge in [0.05, 0.1) is 0 Å². The standard InChI is InChI=1S/C24H28N4O3/c1-16(25)22(24(30)28-31)27-23(29)20-13-11-18(12-14-20)6-5-17-7-9-19(10-8-17)15-26-21-3-2-4-21/h7-14,16,21-22,26,31H,2-4,15,25H2,1H3,(H,27,29)(H,28,30). The topological polar surface area (TPSA) is 116 Å². The second-order valence-electron chi connectivity index (χ2n) is 7.82. The van der Waals surface area contributed by atoms with Gasteiger partial charge in [0, 0.05) is 35.3 Å². The van der Waals surface area contributed by atoms with Gasteiger partial charge in [-0.25, -0.2) is 5.48 Å². The number of benzene rings is 2. The predicted octanol–water partition coefficient (Wildman–Crippen LogP) is 1.68. The fraction of sp³-hybridized carbons (Fsp3) is 0.333. The van der Waals surface area contributed by atoms with Crippen LogP contribution in [0.5, 0.6) is 0 Å². The average molecular weight is 421 g/mol. The molecule has 0 saturated heterocycles. The molecule has 6 N–H and O–H groups in total. The SMILES string of the molecule is CC(N)C(NC(=O)c1ccc(C#Cc2ccc(CNC3CCC3)cc2)cc1)C(=O)NO. The number of nitrogens with two attached hydrogens (primary N) is 1. The van der Waals surface area contributed by atoms with Crippen molar-refractivity contribution in [1.82, 2.24) is 16.1 Å². The summed E-state index contributed by atoms with van der Waals surface area (Å²) in [6, 6.07) is 13.9. The van der Waals surface area contributed by atoms with Crippen molar-refractivity contribution in [2.45, 2.75) is 50.9 Å². The Kier molecular flexibility index (Phi) is 7.79. The van der Waals surface area contributed by atoms with Crippen molar-refractivity contribution in [3.05, 3.63) is 70.8 Å². The molecule has 0 bridgehead atoms. The van der Waals surface area contributed by atoms with Crippen LogP contribution in [0.2, 0.25) is 0 Å². The summed E-state index contributed by atoms with van der Waals surface area (Å²) in [5, 5.41) is 14.8. The monoisotopic (exact) mass is 420 g/mol. The number of carbonyl (C=O) groups excluding carboxylic acids is 2. The molecule has 7 heteroatoms. The molecule has 2 atom stereocenters. The highest BCUT2D eigenvalue weighted by Crippen LogP contribution is 2.18. The zero-order chi connectivity index (χ0) is 22.2. The first-order valence-corrected chi connectivity index (χ1v) is 10.4. The van der Waals surface area contributed by atoms with E-state index in [-0.39, 0.29) is 0 Å². The van der Waals surface area contributed by atoms with Gasteiger partial charge in [0.15, 0.2) is 0 Å². The highest BCUT2D eigenvalue weighted by atomic mass is 16.5. The normalized spacial score (nSPS) is 15.1. The van der Waals surface area contributed by atoms with Crippen LogP contribution in [0.15, 0.2) is 48.5 Å². The zero-order valence-electron chi connectivity index (χ0n) is 17.5. The summed E-state index contributed by atoms with van der Waals surface area (Å²) in [6.07, 6.45) is 3.87. The van der Waals surface area contributed by atoms with Gasteiger partial charge in [0.1, 0.15) is 6.04 Å². The predicted molar refractivity (Wildman–Crippen MR) is 118 cm³/mol. The maximum atomic E-state index is 12.4. The van der Waals surface area contributed by atoms with Crippen molar-refractivity contribution in [2.24, 2.45) is 5.73 Å². The van der Waals surface area contributed by atoms with Crippen LogP contribution in [-0.4, -0.2) is 35.1 Å². The first kappa shape index (κ1) is 22.5. The van der Waals surface area contributed by atoms with Gasteiger partial charge in [-0.2, -0.15) is 0 Å². The fourth-order valence-corrected chi connectivity index (χ4v) is 3.16. The summed E-state index contributed by atoms with van der Waals surface area (Å²) >= 11 is 0. The van der Waals surface area contributed by atoms with E-state index in [2.05, 4.69) is 34.6 Å². The Morgan fingerprint density at radius 2 is 1.65 bits per heavy atom. The summed E-state index contributed by atoms with van der Waals surface area (Å²) in [4.78, 5) is 24.0. The Hall–Kier alpha value is -3.18. The molecule has 1 fully saturated rings. The van der Waals surface area contributed by atoms with Crippen molar-refractivity contribution < 1.29 is 14.8 Å². The van der Waals surface area contributed by atoms with Crippen LogP contribution in [0.4, 0.5) is 0 Å². The molecule has 1 aliphatic rings. The summed E-state index contributed by atoms with van der Waals surface area (Å²) in [5.41, 5.74) is 10.5. The molecule has 3 rings (SSSR count). The van der Waals surface area contributed by atoms with Crippen LogP contribution in [0.25, 0.3) is 0 Å². The van der Waals surface area contributed by atoms with E-state index in [1.807, 2.05) is 12.1 Å². The summed E-state index contributed by atoms with van der Waals surface area (Å²) in [6.45, 7) is 2.45. The molecule has 1 saturated carbocycles. The largest absolute Gasteiger partial charge is 0.339 e. The number of nitrogens with one attached hydrogen (secondary N) is 3. The van der Waals surface area contributed by atoms with E-state index in [0.717, 1.165) is 17.7 Å².